The third-order valence-corrected chi connectivity index (χ3v) is 6.18. The van der Waals surface area contributed by atoms with E-state index in [0.29, 0.717) is 0 Å². The van der Waals surface area contributed by atoms with Crippen LogP contribution in [0.4, 0.5) is 0 Å². The Kier molecular flexibility index (Phi) is 3.53. The zero-order valence-corrected chi connectivity index (χ0v) is 12.6. The van der Waals surface area contributed by atoms with Gasteiger partial charge >= 0.3 is 0 Å². The van der Waals surface area contributed by atoms with Crippen molar-refractivity contribution >= 4 is 0 Å². The maximum absolute atomic E-state index is 6.12. The van der Waals surface area contributed by atoms with Gasteiger partial charge < -0.3 is 14.8 Å². The molecule has 0 aromatic rings. The molecule has 0 amide bonds. The van der Waals surface area contributed by atoms with Crippen LogP contribution >= 0.6 is 0 Å². The minimum absolute atomic E-state index is 0.0527. The monoisotopic (exact) mass is 280 g/mol. The zero-order valence-electron chi connectivity index (χ0n) is 12.6. The normalized spacial score (nSPS) is 49.0. The van der Waals surface area contributed by atoms with Gasteiger partial charge in [0.25, 0.3) is 0 Å². The van der Waals surface area contributed by atoms with Crippen LogP contribution in [-0.2, 0) is 9.47 Å². The molecule has 1 spiro atoms. The first-order valence-corrected chi connectivity index (χ1v) is 8.49. The van der Waals surface area contributed by atoms with E-state index in [1.165, 1.54) is 38.9 Å². The molecular formula is C16H28N2O2. The predicted molar refractivity (Wildman–Crippen MR) is 77.8 cm³/mol. The van der Waals surface area contributed by atoms with E-state index in [1.807, 2.05) is 0 Å². The maximum atomic E-state index is 6.12. The first kappa shape index (κ1) is 13.5. The molecule has 114 valence electrons. The van der Waals surface area contributed by atoms with Gasteiger partial charge in [0.2, 0.25) is 0 Å². The lowest BCUT2D eigenvalue weighted by Crippen LogP contribution is -2.51. The van der Waals surface area contributed by atoms with Gasteiger partial charge in [-0.3, -0.25) is 4.90 Å². The third kappa shape index (κ3) is 2.12. The lowest BCUT2D eigenvalue weighted by atomic mass is 9.87. The fourth-order valence-corrected chi connectivity index (χ4v) is 5.16. The molecule has 4 aliphatic heterocycles. The van der Waals surface area contributed by atoms with Gasteiger partial charge in [-0.15, -0.1) is 0 Å². The van der Waals surface area contributed by atoms with E-state index in [2.05, 4.69) is 17.1 Å². The van der Waals surface area contributed by atoms with Crippen LogP contribution < -0.4 is 5.32 Å². The molecule has 0 aromatic heterocycles. The molecule has 4 heteroatoms. The van der Waals surface area contributed by atoms with Crippen LogP contribution in [0.3, 0.4) is 0 Å². The molecule has 0 aromatic carbocycles. The summed E-state index contributed by atoms with van der Waals surface area (Å²) in [6.45, 7) is 8.77. The number of fused-ring (bicyclic) bond motifs is 1. The molecule has 4 nitrogen and oxygen atoms in total. The Hall–Kier alpha value is -0.160. The molecule has 0 bridgehead atoms. The summed E-state index contributed by atoms with van der Waals surface area (Å²) in [5, 5.41) is 3.59. The third-order valence-electron chi connectivity index (χ3n) is 6.18. The second-order valence-electron chi connectivity index (χ2n) is 7.24. The van der Waals surface area contributed by atoms with E-state index in [4.69, 9.17) is 9.47 Å². The molecule has 4 rings (SSSR count). The van der Waals surface area contributed by atoms with Crippen LogP contribution in [0.2, 0.25) is 0 Å². The van der Waals surface area contributed by atoms with E-state index in [-0.39, 0.29) is 5.60 Å². The van der Waals surface area contributed by atoms with Crippen LogP contribution in [0.1, 0.15) is 32.6 Å². The standard InChI is InChI=1S/C16H28N2O2/c1-2-15-14-9-17-8-12(14)10-18(15)13-3-5-20-16(7-13)4-6-19-11-16/h12-15,17H,2-11H2,1H3. The first-order chi connectivity index (χ1) is 9.81. The molecule has 20 heavy (non-hydrogen) atoms. The minimum Gasteiger partial charge on any atom is -0.378 e. The van der Waals surface area contributed by atoms with Gasteiger partial charge in [-0.25, -0.2) is 0 Å². The average Bonchev–Trinajstić information content (AvgIpc) is 3.14. The highest BCUT2D eigenvalue weighted by molar-refractivity contribution is 5.02. The Morgan fingerprint density at radius 1 is 1.30 bits per heavy atom. The van der Waals surface area contributed by atoms with Crippen molar-refractivity contribution in [3.8, 4) is 0 Å². The van der Waals surface area contributed by atoms with Gasteiger partial charge in [-0.1, -0.05) is 6.92 Å². The number of nitrogens with one attached hydrogen (secondary N) is 1. The first-order valence-electron chi connectivity index (χ1n) is 8.49. The zero-order chi connectivity index (χ0) is 13.6. The van der Waals surface area contributed by atoms with Crippen LogP contribution in [0.25, 0.3) is 0 Å². The second-order valence-corrected chi connectivity index (χ2v) is 7.24. The summed E-state index contributed by atoms with van der Waals surface area (Å²) >= 11 is 0. The molecule has 5 atom stereocenters. The second kappa shape index (κ2) is 5.24. The molecule has 0 radical (unpaired) electrons. The summed E-state index contributed by atoms with van der Waals surface area (Å²) in [5.74, 6) is 1.78. The summed E-state index contributed by atoms with van der Waals surface area (Å²) in [6, 6.07) is 1.51. The van der Waals surface area contributed by atoms with E-state index >= 15 is 0 Å². The van der Waals surface area contributed by atoms with E-state index in [0.717, 1.165) is 50.2 Å². The van der Waals surface area contributed by atoms with Crippen LogP contribution in [0, 0.1) is 11.8 Å². The maximum Gasteiger partial charge on any atom is 0.0951 e. The number of nitrogens with zero attached hydrogens (tertiary/aromatic N) is 1. The predicted octanol–water partition coefficient (Wildman–Crippen LogP) is 1.25. The highest BCUT2D eigenvalue weighted by Crippen LogP contribution is 2.41. The lowest BCUT2D eigenvalue weighted by molar-refractivity contribution is -0.109. The van der Waals surface area contributed by atoms with Gasteiger partial charge in [-0.2, -0.15) is 0 Å². The molecule has 1 N–H and O–H groups in total. The van der Waals surface area contributed by atoms with Gasteiger partial charge in [0.15, 0.2) is 0 Å². The Morgan fingerprint density at radius 3 is 3.05 bits per heavy atom. The fraction of sp³-hybridized carbons (Fsp3) is 1.00. The summed E-state index contributed by atoms with van der Waals surface area (Å²) < 4.78 is 11.7. The number of likely N-dealkylation sites (tertiary alicyclic amines) is 1. The van der Waals surface area contributed by atoms with Crippen molar-refractivity contribution in [1.29, 1.82) is 0 Å². The summed E-state index contributed by atoms with van der Waals surface area (Å²) in [7, 11) is 0. The minimum atomic E-state index is 0.0527. The highest BCUT2D eigenvalue weighted by atomic mass is 16.6. The van der Waals surface area contributed by atoms with Crippen molar-refractivity contribution in [1.82, 2.24) is 10.2 Å². The summed E-state index contributed by atoms with van der Waals surface area (Å²) in [5.41, 5.74) is 0.0527. The van der Waals surface area contributed by atoms with Crippen molar-refractivity contribution < 1.29 is 9.47 Å². The molecule has 4 aliphatic rings. The van der Waals surface area contributed by atoms with E-state index < -0.39 is 0 Å². The van der Waals surface area contributed by atoms with Crippen molar-refractivity contribution in [2.75, 3.05) is 39.5 Å². The van der Waals surface area contributed by atoms with Crippen LogP contribution in [0.5, 0.6) is 0 Å². The molecule has 4 heterocycles. The van der Waals surface area contributed by atoms with Crippen molar-refractivity contribution in [2.24, 2.45) is 11.8 Å². The van der Waals surface area contributed by atoms with Crippen molar-refractivity contribution in [3.05, 3.63) is 0 Å². The van der Waals surface area contributed by atoms with E-state index in [1.54, 1.807) is 0 Å². The fourth-order valence-electron chi connectivity index (χ4n) is 5.16. The largest absolute Gasteiger partial charge is 0.378 e. The summed E-state index contributed by atoms with van der Waals surface area (Å²) in [4.78, 5) is 2.85. The smallest absolute Gasteiger partial charge is 0.0951 e. The van der Waals surface area contributed by atoms with Crippen molar-refractivity contribution in [3.63, 3.8) is 0 Å². The summed E-state index contributed by atoms with van der Waals surface area (Å²) in [6.07, 6.45) is 4.80. The average molecular weight is 280 g/mol. The van der Waals surface area contributed by atoms with Gasteiger partial charge in [0.05, 0.1) is 12.2 Å². The number of rotatable bonds is 2. The Morgan fingerprint density at radius 2 is 2.25 bits per heavy atom. The van der Waals surface area contributed by atoms with Gasteiger partial charge in [-0.05, 0) is 44.2 Å². The Bertz CT molecular complexity index is 356. The van der Waals surface area contributed by atoms with Gasteiger partial charge in [0, 0.05) is 38.3 Å². The Labute approximate surface area is 122 Å². The molecule has 0 saturated carbocycles. The number of hydrogen-bond donors (Lipinski definition) is 1. The van der Waals surface area contributed by atoms with Gasteiger partial charge in [0.1, 0.15) is 0 Å². The number of ether oxygens (including phenoxy) is 2. The van der Waals surface area contributed by atoms with Crippen LogP contribution in [-0.4, -0.2) is 62.0 Å². The topological polar surface area (TPSA) is 33.7 Å². The molecule has 0 aliphatic carbocycles. The molecule has 4 fully saturated rings. The highest BCUT2D eigenvalue weighted by Gasteiger charge is 2.49. The molecule has 4 saturated heterocycles. The Balaban J connectivity index is 1.49. The van der Waals surface area contributed by atoms with Crippen LogP contribution in [0.15, 0.2) is 0 Å². The lowest BCUT2D eigenvalue weighted by Gasteiger charge is -2.43. The SMILES string of the molecule is CCC1C2CNCC2CN1C1CCOC2(CCOC2)C1. The molecular weight excluding hydrogens is 252 g/mol. The molecule has 5 unspecified atom stereocenters. The number of hydrogen-bond acceptors (Lipinski definition) is 4. The van der Waals surface area contributed by atoms with E-state index in [9.17, 15) is 0 Å². The van der Waals surface area contributed by atoms with Crippen molar-refractivity contribution in [2.45, 2.75) is 50.3 Å². The quantitative estimate of drug-likeness (QED) is 0.825.